The fraction of sp³-hybridized carbons (Fsp3) is 0.591. The normalized spacial score (nSPS) is 14.5. The molecule has 1 fully saturated rings. The maximum absolute atomic E-state index is 12.5. The van der Waals surface area contributed by atoms with Crippen LogP contribution in [0.15, 0.2) is 23.4 Å². The molecule has 30 heavy (non-hydrogen) atoms. The van der Waals surface area contributed by atoms with Gasteiger partial charge in [0, 0.05) is 24.7 Å². The lowest BCUT2D eigenvalue weighted by atomic mass is 9.95. The molecule has 0 atom stereocenters. The van der Waals surface area contributed by atoms with E-state index in [4.69, 9.17) is 9.47 Å². The first-order chi connectivity index (χ1) is 14.6. The topological polar surface area (TPSA) is 69.5 Å². The first-order valence-corrected chi connectivity index (χ1v) is 11.7. The highest BCUT2D eigenvalue weighted by atomic mass is 32.2. The van der Waals surface area contributed by atoms with Crippen LogP contribution in [0.4, 0.5) is 0 Å². The first kappa shape index (κ1) is 22.5. The highest BCUT2D eigenvalue weighted by molar-refractivity contribution is 7.99. The highest BCUT2D eigenvalue weighted by Crippen LogP contribution is 2.38. The summed E-state index contributed by atoms with van der Waals surface area (Å²) in [6.45, 7) is 5.46. The fourth-order valence-corrected chi connectivity index (χ4v) is 4.92. The van der Waals surface area contributed by atoms with Crippen molar-refractivity contribution in [1.29, 1.82) is 0 Å². The Labute approximate surface area is 183 Å². The molecule has 1 heterocycles. The summed E-state index contributed by atoms with van der Waals surface area (Å²) in [5.41, 5.74) is 0.938. The van der Waals surface area contributed by atoms with Crippen molar-refractivity contribution in [3.05, 3.63) is 18.2 Å². The Hall–Kier alpha value is -2.22. The lowest BCUT2D eigenvalue weighted by Crippen LogP contribution is -2.32. The lowest BCUT2D eigenvalue weighted by Gasteiger charge is -2.26. The van der Waals surface area contributed by atoms with E-state index in [9.17, 15) is 4.79 Å². The van der Waals surface area contributed by atoms with Gasteiger partial charge in [0.15, 0.2) is 22.5 Å². The van der Waals surface area contributed by atoms with Crippen molar-refractivity contribution in [3.63, 3.8) is 0 Å². The fourth-order valence-electron chi connectivity index (χ4n) is 4.01. The van der Waals surface area contributed by atoms with Crippen molar-refractivity contribution < 1.29 is 14.3 Å². The Balaban J connectivity index is 1.93. The Morgan fingerprint density at radius 2 is 1.80 bits per heavy atom. The van der Waals surface area contributed by atoms with Crippen LogP contribution in [0.3, 0.4) is 0 Å². The van der Waals surface area contributed by atoms with Gasteiger partial charge in [-0.2, -0.15) is 0 Å². The number of rotatable bonds is 9. The molecule has 0 spiro atoms. The minimum atomic E-state index is 0.135. The molecule has 1 aliphatic rings. The first-order valence-electron chi connectivity index (χ1n) is 10.7. The van der Waals surface area contributed by atoms with E-state index < -0.39 is 0 Å². The molecule has 0 unspecified atom stereocenters. The maximum atomic E-state index is 12.5. The molecule has 164 valence electrons. The van der Waals surface area contributed by atoms with E-state index >= 15 is 0 Å². The standard InChI is InChI=1S/C22H32N4O3S/c1-5-25(6-2)20(27)15-30-22-24-23-21(26(22)17-10-8-7-9-11-17)16-12-13-18(28-3)19(14-16)29-4/h12-14,17H,5-11,15H2,1-4H3. The van der Waals surface area contributed by atoms with Gasteiger partial charge in [-0.05, 0) is 44.9 Å². The van der Waals surface area contributed by atoms with Gasteiger partial charge in [-0.25, -0.2) is 0 Å². The number of carbonyl (C=O) groups excluding carboxylic acids is 1. The lowest BCUT2D eigenvalue weighted by molar-refractivity contribution is -0.127. The van der Waals surface area contributed by atoms with Gasteiger partial charge in [0.1, 0.15) is 0 Å². The number of nitrogens with zero attached hydrogens (tertiary/aromatic N) is 4. The third-order valence-electron chi connectivity index (χ3n) is 5.69. The molecule has 0 radical (unpaired) electrons. The van der Waals surface area contributed by atoms with Crippen molar-refractivity contribution in [2.45, 2.75) is 57.1 Å². The predicted molar refractivity (Wildman–Crippen MR) is 119 cm³/mol. The number of carbonyl (C=O) groups is 1. The number of amides is 1. The molecule has 0 saturated heterocycles. The third-order valence-corrected chi connectivity index (χ3v) is 6.61. The van der Waals surface area contributed by atoms with Crippen LogP contribution in [0.2, 0.25) is 0 Å². The Morgan fingerprint density at radius 1 is 1.10 bits per heavy atom. The monoisotopic (exact) mass is 432 g/mol. The molecular formula is C22H32N4O3S. The quantitative estimate of drug-likeness (QED) is 0.546. The summed E-state index contributed by atoms with van der Waals surface area (Å²) >= 11 is 1.48. The summed E-state index contributed by atoms with van der Waals surface area (Å²) < 4.78 is 13.1. The van der Waals surface area contributed by atoms with E-state index in [1.807, 2.05) is 36.9 Å². The van der Waals surface area contributed by atoms with Crippen LogP contribution in [-0.4, -0.2) is 58.6 Å². The van der Waals surface area contributed by atoms with Gasteiger partial charge in [-0.1, -0.05) is 31.0 Å². The molecule has 2 aromatic rings. The highest BCUT2D eigenvalue weighted by Gasteiger charge is 2.25. The molecule has 8 heteroatoms. The van der Waals surface area contributed by atoms with Crippen molar-refractivity contribution in [2.75, 3.05) is 33.1 Å². The summed E-state index contributed by atoms with van der Waals surface area (Å²) in [6, 6.07) is 6.17. The van der Waals surface area contributed by atoms with Gasteiger partial charge in [0.05, 0.1) is 20.0 Å². The number of ether oxygens (including phenoxy) is 2. The van der Waals surface area contributed by atoms with E-state index in [0.717, 1.165) is 42.5 Å². The van der Waals surface area contributed by atoms with Crippen LogP contribution in [0.5, 0.6) is 11.5 Å². The minimum absolute atomic E-state index is 0.135. The van der Waals surface area contributed by atoms with Gasteiger partial charge in [-0.15, -0.1) is 10.2 Å². The van der Waals surface area contributed by atoms with E-state index in [-0.39, 0.29) is 5.91 Å². The summed E-state index contributed by atoms with van der Waals surface area (Å²) in [7, 11) is 3.26. The molecule has 3 rings (SSSR count). The number of hydrogen-bond donors (Lipinski definition) is 0. The molecule has 1 aromatic heterocycles. The minimum Gasteiger partial charge on any atom is -0.493 e. The number of hydrogen-bond acceptors (Lipinski definition) is 6. The van der Waals surface area contributed by atoms with E-state index in [0.29, 0.717) is 23.3 Å². The van der Waals surface area contributed by atoms with Crippen LogP contribution in [0.25, 0.3) is 11.4 Å². The van der Waals surface area contributed by atoms with E-state index in [1.165, 1.54) is 31.0 Å². The number of thioether (sulfide) groups is 1. The summed E-state index contributed by atoms with van der Waals surface area (Å²) in [5, 5.41) is 9.82. The molecule has 1 aliphatic carbocycles. The van der Waals surface area contributed by atoms with Gasteiger partial charge in [0.25, 0.3) is 0 Å². The van der Waals surface area contributed by atoms with E-state index in [1.54, 1.807) is 14.2 Å². The summed E-state index contributed by atoms with van der Waals surface area (Å²) in [6.07, 6.45) is 5.90. The average Bonchev–Trinajstić information content (AvgIpc) is 3.22. The number of methoxy groups -OCH3 is 2. The van der Waals surface area contributed by atoms with Crippen molar-refractivity contribution in [2.24, 2.45) is 0 Å². The van der Waals surface area contributed by atoms with Gasteiger partial charge in [-0.3, -0.25) is 9.36 Å². The van der Waals surface area contributed by atoms with Crippen LogP contribution in [0.1, 0.15) is 52.0 Å². The molecule has 1 amide bonds. The zero-order valence-corrected chi connectivity index (χ0v) is 19.2. The molecule has 1 saturated carbocycles. The molecule has 0 N–H and O–H groups in total. The second-order valence-electron chi connectivity index (χ2n) is 7.39. The van der Waals surface area contributed by atoms with Gasteiger partial charge < -0.3 is 14.4 Å². The number of benzene rings is 1. The Morgan fingerprint density at radius 3 is 2.43 bits per heavy atom. The van der Waals surface area contributed by atoms with Crippen molar-refractivity contribution in [1.82, 2.24) is 19.7 Å². The van der Waals surface area contributed by atoms with Crippen LogP contribution in [0, 0.1) is 0 Å². The van der Waals surface area contributed by atoms with Crippen LogP contribution < -0.4 is 9.47 Å². The molecule has 0 aliphatic heterocycles. The second-order valence-corrected chi connectivity index (χ2v) is 8.33. The SMILES string of the molecule is CCN(CC)C(=O)CSc1nnc(-c2ccc(OC)c(OC)c2)n1C1CCCCC1. The largest absolute Gasteiger partial charge is 0.493 e. The smallest absolute Gasteiger partial charge is 0.233 e. The zero-order chi connectivity index (χ0) is 21.5. The van der Waals surface area contributed by atoms with Gasteiger partial charge >= 0.3 is 0 Å². The third kappa shape index (κ3) is 4.91. The Bertz CT molecular complexity index is 845. The van der Waals surface area contributed by atoms with Crippen LogP contribution in [-0.2, 0) is 4.79 Å². The summed E-state index contributed by atoms with van der Waals surface area (Å²) in [4.78, 5) is 14.4. The molecule has 0 bridgehead atoms. The molecular weight excluding hydrogens is 400 g/mol. The van der Waals surface area contributed by atoms with Crippen LogP contribution >= 0.6 is 11.8 Å². The average molecular weight is 433 g/mol. The second kappa shape index (κ2) is 10.7. The van der Waals surface area contributed by atoms with Crippen molar-refractivity contribution >= 4 is 17.7 Å². The predicted octanol–water partition coefficient (Wildman–Crippen LogP) is 4.43. The molecule has 7 nitrogen and oxygen atoms in total. The Kier molecular flexibility index (Phi) is 8.01. The number of aromatic nitrogens is 3. The van der Waals surface area contributed by atoms with Crippen molar-refractivity contribution in [3.8, 4) is 22.9 Å². The zero-order valence-electron chi connectivity index (χ0n) is 18.4. The summed E-state index contributed by atoms with van der Waals surface area (Å²) in [5.74, 6) is 2.68. The van der Waals surface area contributed by atoms with E-state index in [2.05, 4.69) is 14.8 Å². The maximum Gasteiger partial charge on any atom is 0.233 e. The van der Waals surface area contributed by atoms with Gasteiger partial charge in [0.2, 0.25) is 5.91 Å². The molecule has 1 aromatic carbocycles.